The van der Waals surface area contributed by atoms with Crippen LogP contribution in [0.5, 0.6) is 0 Å². The molecule has 0 nitrogen and oxygen atoms in total. The molecule has 0 radical (unpaired) electrons. The third-order valence-electron chi connectivity index (χ3n) is 3.87. The topological polar surface area (TPSA) is 0 Å². The Labute approximate surface area is 117 Å². The van der Waals surface area contributed by atoms with Gasteiger partial charge in [0.2, 0.25) is 0 Å². The van der Waals surface area contributed by atoms with Crippen molar-refractivity contribution < 1.29 is 0 Å². The largest absolute Gasteiger partial charge is 0.0648 e. The molecule has 0 aromatic heterocycles. The first-order valence-corrected chi connectivity index (χ1v) is 7.49. The van der Waals surface area contributed by atoms with E-state index in [2.05, 4.69) is 67.6 Å². The molecule has 0 N–H and O–H groups in total. The number of benzene rings is 2. The van der Waals surface area contributed by atoms with Crippen LogP contribution in [0.3, 0.4) is 0 Å². The molecular weight excluding hydrogens is 228 g/mol. The van der Waals surface area contributed by atoms with Gasteiger partial charge in [-0.2, -0.15) is 0 Å². The summed E-state index contributed by atoms with van der Waals surface area (Å²) in [7, 11) is 0. The summed E-state index contributed by atoms with van der Waals surface area (Å²) in [6.07, 6.45) is 6.39. The van der Waals surface area contributed by atoms with Crippen LogP contribution in [0.25, 0.3) is 0 Å². The minimum atomic E-state index is 0.733. The van der Waals surface area contributed by atoms with Crippen LogP contribution >= 0.6 is 0 Å². The Hall–Kier alpha value is -1.56. The summed E-state index contributed by atoms with van der Waals surface area (Å²) in [6.45, 7) is 2.30. The van der Waals surface area contributed by atoms with Crippen molar-refractivity contribution in [3.63, 3.8) is 0 Å². The van der Waals surface area contributed by atoms with Gasteiger partial charge in [-0.1, -0.05) is 74.0 Å². The van der Waals surface area contributed by atoms with Gasteiger partial charge in [-0.15, -0.1) is 0 Å². The lowest BCUT2D eigenvalue weighted by Gasteiger charge is -2.15. The molecule has 0 aliphatic rings. The molecule has 0 saturated carbocycles. The van der Waals surface area contributed by atoms with E-state index in [-0.39, 0.29) is 0 Å². The van der Waals surface area contributed by atoms with E-state index >= 15 is 0 Å². The van der Waals surface area contributed by atoms with Gasteiger partial charge in [0, 0.05) is 0 Å². The number of aryl methyl sites for hydroxylation is 1. The molecule has 2 aromatic carbocycles. The summed E-state index contributed by atoms with van der Waals surface area (Å²) >= 11 is 0. The van der Waals surface area contributed by atoms with E-state index in [1.165, 1.54) is 43.2 Å². The van der Waals surface area contributed by atoms with E-state index < -0.39 is 0 Å². The van der Waals surface area contributed by atoms with Gasteiger partial charge in [-0.25, -0.2) is 0 Å². The zero-order chi connectivity index (χ0) is 13.3. The monoisotopic (exact) mass is 252 g/mol. The Morgan fingerprint density at radius 3 is 2.05 bits per heavy atom. The van der Waals surface area contributed by atoms with Crippen molar-refractivity contribution in [3.05, 3.63) is 71.8 Å². The van der Waals surface area contributed by atoms with Crippen LogP contribution in [-0.2, 0) is 6.42 Å². The average Bonchev–Trinajstić information content (AvgIpc) is 2.49. The lowest BCUT2D eigenvalue weighted by atomic mass is 9.91. The molecule has 100 valence electrons. The van der Waals surface area contributed by atoms with Crippen LogP contribution in [0.15, 0.2) is 60.7 Å². The molecule has 19 heavy (non-hydrogen) atoms. The molecule has 2 aromatic rings. The minimum Gasteiger partial charge on any atom is -0.0648 e. The summed E-state index contributed by atoms with van der Waals surface area (Å²) < 4.78 is 0. The van der Waals surface area contributed by atoms with Crippen LogP contribution < -0.4 is 0 Å². The van der Waals surface area contributed by atoms with Crippen LogP contribution in [0.2, 0.25) is 0 Å². The fraction of sp³-hybridized carbons (Fsp3) is 0.368. The maximum absolute atomic E-state index is 2.30. The Morgan fingerprint density at radius 1 is 0.789 bits per heavy atom. The van der Waals surface area contributed by atoms with E-state index in [1.807, 2.05) is 0 Å². The van der Waals surface area contributed by atoms with Crippen molar-refractivity contribution in [1.82, 2.24) is 0 Å². The fourth-order valence-corrected chi connectivity index (χ4v) is 2.70. The van der Waals surface area contributed by atoms with E-state index in [9.17, 15) is 0 Å². The van der Waals surface area contributed by atoms with Gasteiger partial charge in [0.1, 0.15) is 0 Å². The number of hydrogen-bond donors (Lipinski definition) is 0. The van der Waals surface area contributed by atoms with Crippen molar-refractivity contribution in [2.24, 2.45) is 0 Å². The Morgan fingerprint density at radius 2 is 1.42 bits per heavy atom. The van der Waals surface area contributed by atoms with Crippen molar-refractivity contribution >= 4 is 0 Å². The van der Waals surface area contributed by atoms with Gasteiger partial charge >= 0.3 is 0 Å². The molecule has 0 bridgehead atoms. The molecule has 2 rings (SSSR count). The van der Waals surface area contributed by atoms with Crippen molar-refractivity contribution in [1.29, 1.82) is 0 Å². The third-order valence-corrected chi connectivity index (χ3v) is 3.87. The molecule has 0 fully saturated rings. The van der Waals surface area contributed by atoms with E-state index in [4.69, 9.17) is 0 Å². The highest BCUT2D eigenvalue weighted by molar-refractivity contribution is 5.19. The standard InChI is InChI=1S/C19H24/c1-2-18(19-15-7-4-8-16-19)14-10-9-13-17-11-5-3-6-12-17/h3-8,11-12,15-16,18H,2,9-10,13-14H2,1H3. The maximum atomic E-state index is 2.30. The Bertz CT molecular complexity index is 444. The highest BCUT2D eigenvalue weighted by Gasteiger charge is 2.08. The molecule has 0 heteroatoms. The molecule has 0 spiro atoms. The molecule has 0 heterocycles. The lowest BCUT2D eigenvalue weighted by molar-refractivity contribution is 0.557. The minimum absolute atomic E-state index is 0.733. The van der Waals surface area contributed by atoms with Gasteiger partial charge in [0.25, 0.3) is 0 Å². The van der Waals surface area contributed by atoms with Gasteiger partial charge in [0.05, 0.1) is 0 Å². The van der Waals surface area contributed by atoms with E-state index in [0.717, 1.165) is 5.92 Å². The van der Waals surface area contributed by atoms with Gasteiger partial charge in [0.15, 0.2) is 0 Å². The third kappa shape index (κ3) is 4.55. The van der Waals surface area contributed by atoms with Crippen molar-refractivity contribution in [3.8, 4) is 0 Å². The molecule has 0 aliphatic heterocycles. The average molecular weight is 252 g/mol. The molecule has 0 aliphatic carbocycles. The molecule has 1 unspecified atom stereocenters. The molecule has 0 saturated heterocycles. The highest BCUT2D eigenvalue weighted by atomic mass is 14.1. The second-order valence-corrected chi connectivity index (χ2v) is 5.25. The van der Waals surface area contributed by atoms with Crippen molar-refractivity contribution in [2.75, 3.05) is 0 Å². The number of unbranched alkanes of at least 4 members (excludes halogenated alkanes) is 1. The molecular formula is C19H24. The van der Waals surface area contributed by atoms with Gasteiger partial charge in [-0.05, 0) is 42.7 Å². The molecule has 1 atom stereocenters. The zero-order valence-electron chi connectivity index (χ0n) is 11.9. The maximum Gasteiger partial charge on any atom is -0.0165 e. The summed E-state index contributed by atoms with van der Waals surface area (Å²) in [5.74, 6) is 0.733. The SMILES string of the molecule is CCC(CCCCc1ccccc1)c1ccccc1. The predicted molar refractivity (Wildman–Crippen MR) is 83.5 cm³/mol. The summed E-state index contributed by atoms with van der Waals surface area (Å²) in [6, 6.07) is 21.8. The first-order valence-electron chi connectivity index (χ1n) is 7.49. The smallest absolute Gasteiger partial charge is 0.0165 e. The van der Waals surface area contributed by atoms with Gasteiger partial charge < -0.3 is 0 Å². The quantitative estimate of drug-likeness (QED) is 0.563. The van der Waals surface area contributed by atoms with Crippen LogP contribution in [0, 0.1) is 0 Å². The normalized spacial score (nSPS) is 12.3. The number of hydrogen-bond acceptors (Lipinski definition) is 0. The first kappa shape index (κ1) is 13.9. The predicted octanol–water partition coefficient (Wildman–Crippen LogP) is 5.59. The van der Waals surface area contributed by atoms with E-state index in [0.29, 0.717) is 0 Å². The first-order chi connectivity index (χ1) is 9.40. The Balaban J connectivity index is 1.75. The van der Waals surface area contributed by atoms with Crippen LogP contribution in [-0.4, -0.2) is 0 Å². The lowest BCUT2D eigenvalue weighted by Crippen LogP contribution is -1.97. The van der Waals surface area contributed by atoms with Gasteiger partial charge in [-0.3, -0.25) is 0 Å². The van der Waals surface area contributed by atoms with E-state index in [1.54, 1.807) is 0 Å². The summed E-state index contributed by atoms with van der Waals surface area (Å²) in [5.41, 5.74) is 2.97. The van der Waals surface area contributed by atoms with Crippen LogP contribution in [0.4, 0.5) is 0 Å². The highest BCUT2D eigenvalue weighted by Crippen LogP contribution is 2.25. The number of rotatable bonds is 7. The van der Waals surface area contributed by atoms with Crippen LogP contribution in [0.1, 0.15) is 49.7 Å². The second-order valence-electron chi connectivity index (χ2n) is 5.25. The second kappa shape index (κ2) is 7.78. The zero-order valence-corrected chi connectivity index (χ0v) is 11.9. The fourth-order valence-electron chi connectivity index (χ4n) is 2.70. The molecule has 0 amide bonds. The van der Waals surface area contributed by atoms with Crippen molar-refractivity contribution in [2.45, 2.75) is 44.9 Å². The summed E-state index contributed by atoms with van der Waals surface area (Å²) in [4.78, 5) is 0. The summed E-state index contributed by atoms with van der Waals surface area (Å²) in [5, 5.41) is 0. The Kier molecular flexibility index (Phi) is 5.68.